The third-order valence-electron chi connectivity index (χ3n) is 5.36. The molecular formula is C24H19ClFNO4S. The number of rotatable bonds is 5. The molecule has 3 aromatic carbocycles. The molecule has 1 unspecified atom stereocenters. The quantitative estimate of drug-likeness (QED) is 0.560. The average Bonchev–Trinajstić information content (AvgIpc) is 3.02. The highest BCUT2D eigenvalue weighted by Gasteiger charge is 2.47. The van der Waals surface area contributed by atoms with Gasteiger partial charge in [0, 0.05) is 11.6 Å². The Balaban J connectivity index is 1.87. The number of hydrogen-bond donors (Lipinski definition) is 1. The molecule has 0 aliphatic carbocycles. The molecule has 164 valence electrons. The van der Waals surface area contributed by atoms with Crippen LogP contribution in [0, 0.1) is 12.7 Å². The second-order valence-corrected chi connectivity index (χ2v) is 9.83. The van der Waals surface area contributed by atoms with Crippen molar-refractivity contribution in [3.63, 3.8) is 0 Å². The van der Waals surface area contributed by atoms with Crippen molar-refractivity contribution < 1.29 is 22.7 Å². The van der Waals surface area contributed by atoms with Gasteiger partial charge in [0.05, 0.1) is 10.9 Å². The highest BCUT2D eigenvalue weighted by Crippen LogP contribution is 2.43. The SMILES string of the molecule is Cc1ccc(S(=O)(=O)C2=C(O)C(=O)N(Cc3ccccc3Cl)C2c2ccc(F)cc2)cc1. The molecule has 5 nitrogen and oxygen atoms in total. The Hall–Kier alpha value is -3.16. The van der Waals surface area contributed by atoms with Crippen molar-refractivity contribution in [1.29, 1.82) is 0 Å². The van der Waals surface area contributed by atoms with Crippen LogP contribution in [-0.2, 0) is 21.2 Å². The highest BCUT2D eigenvalue weighted by atomic mass is 35.5. The molecule has 4 rings (SSSR count). The normalized spacial score (nSPS) is 16.7. The zero-order valence-corrected chi connectivity index (χ0v) is 18.6. The predicted octanol–water partition coefficient (Wildman–Crippen LogP) is 5.11. The van der Waals surface area contributed by atoms with Gasteiger partial charge in [-0.1, -0.05) is 59.6 Å². The molecule has 1 aliphatic heterocycles. The van der Waals surface area contributed by atoms with Crippen LogP contribution in [0.2, 0.25) is 5.02 Å². The first-order chi connectivity index (χ1) is 15.2. The first-order valence-corrected chi connectivity index (χ1v) is 11.6. The standard InChI is InChI=1S/C24H19ClFNO4S/c1-15-6-12-19(13-7-15)32(30,31)23-21(16-8-10-18(26)11-9-16)27(24(29)22(23)28)14-17-4-2-3-5-20(17)25/h2-13,21,28H,14H2,1H3. The number of aryl methyl sites for hydroxylation is 1. The molecule has 0 spiro atoms. The van der Waals surface area contributed by atoms with Crippen LogP contribution in [-0.4, -0.2) is 24.3 Å². The molecule has 3 aromatic rings. The minimum absolute atomic E-state index is 0.0441. The summed E-state index contributed by atoms with van der Waals surface area (Å²) in [5.41, 5.74) is 1.79. The molecule has 1 aliphatic rings. The molecule has 0 bridgehead atoms. The van der Waals surface area contributed by atoms with Gasteiger partial charge in [-0.15, -0.1) is 0 Å². The molecule has 0 saturated carbocycles. The van der Waals surface area contributed by atoms with Gasteiger partial charge in [0.25, 0.3) is 5.91 Å². The summed E-state index contributed by atoms with van der Waals surface area (Å²) >= 11 is 6.26. The summed E-state index contributed by atoms with van der Waals surface area (Å²) in [6, 6.07) is 17.0. The number of hydrogen-bond acceptors (Lipinski definition) is 4. The number of sulfone groups is 1. The molecule has 1 N–H and O–H groups in total. The average molecular weight is 472 g/mol. The lowest BCUT2D eigenvalue weighted by Gasteiger charge is -2.27. The van der Waals surface area contributed by atoms with Gasteiger partial charge >= 0.3 is 0 Å². The smallest absolute Gasteiger partial charge is 0.290 e. The molecule has 1 atom stereocenters. The molecule has 0 saturated heterocycles. The number of halogens is 2. The van der Waals surface area contributed by atoms with Crippen molar-refractivity contribution in [2.75, 3.05) is 0 Å². The van der Waals surface area contributed by atoms with Crippen LogP contribution < -0.4 is 0 Å². The van der Waals surface area contributed by atoms with E-state index in [4.69, 9.17) is 11.6 Å². The van der Waals surface area contributed by atoms with E-state index in [0.717, 1.165) is 5.56 Å². The van der Waals surface area contributed by atoms with E-state index < -0.39 is 38.3 Å². The lowest BCUT2D eigenvalue weighted by molar-refractivity contribution is -0.130. The predicted molar refractivity (Wildman–Crippen MR) is 119 cm³/mol. The largest absolute Gasteiger partial charge is 0.502 e. The van der Waals surface area contributed by atoms with Crippen molar-refractivity contribution in [3.05, 3.63) is 111 Å². The maximum Gasteiger partial charge on any atom is 0.290 e. The van der Waals surface area contributed by atoms with Crippen molar-refractivity contribution in [2.45, 2.75) is 24.4 Å². The summed E-state index contributed by atoms with van der Waals surface area (Å²) in [5.74, 6) is -2.20. The Kier molecular flexibility index (Phi) is 5.79. The Morgan fingerprint density at radius 1 is 1.00 bits per heavy atom. The van der Waals surface area contributed by atoms with E-state index in [1.54, 1.807) is 36.4 Å². The zero-order chi connectivity index (χ0) is 23.0. The number of benzene rings is 3. The zero-order valence-electron chi connectivity index (χ0n) is 17.0. The topological polar surface area (TPSA) is 74.7 Å². The van der Waals surface area contributed by atoms with Gasteiger partial charge in [-0.2, -0.15) is 0 Å². The second kappa shape index (κ2) is 8.41. The summed E-state index contributed by atoms with van der Waals surface area (Å²) in [6.07, 6.45) is 0. The van der Waals surface area contributed by atoms with Crippen molar-refractivity contribution >= 4 is 27.3 Å². The molecule has 8 heteroatoms. The maximum absolute atomic E-state index is 13.6. The second-order valence-electron chi connectivity index (χ2n) is 7.51. The first-order valence-electron chi connectivity index (χ1n) is 9.75. The Labute approximate surface area is 190 Å². The lowest BCUT2D eigenvalue weighted by atomic mass is 10.1. The van der Waals surface area contributed by atoms with Gasteiger partial charge in [-0.25, -0.2) is 12.8 Å². The Morgan fingerprint density at radius 2 is 1.62 bits per heavy atom. The van der Waals surface area contributed by atoms with Gasteiger partial charge < -0.3 is 10.0 Å². The van der Waals surface area contributed by atoms with Crippen LogP contribution in [0.3, 0.4) is 0 Å². The van der Waals surface area contributed by atoms with Crippen LogP contribution in [0.15, 0.2) is 88.4 Å². The Morgan fingerprint density at radius 3 is 2.25 bits per heavy atom. The fraction of sp³-hybridized carbons (Fsp3) is 0.125. The van der Waals surface area contributed by atoms with Gasteiger partial charge in [-0.05, 0) is 48.4 Å². The van der Waals surface area contributed by atoms with Gasteiger partial charge in [0.15, 0.2) is 5.76 Å². The van der Waals surface area contributed by atoms with E-state index in [0.29, 0.717) is 16.1 Å². The fourth-order valence-electron chi connectivity index (χ4n) is 3.70. The molecule has 32 heavy (non-hydrogen) atoms. The number of carbonyl (C=O) groups excluding carboxylic acids is 1. The number of carbonyl (C=O) groups is 1. The summed E-state index contributed by atoms with van der Waals surface area (Å²) in [7, 11) is -4.24. The number of aliphatic hydroxyl groups is 1. The van der Waals surface area contributed by atoms with Crippen LogP contribution in [0.1, 0.15) is 22.7 Å². The number of aliphatic hydroxyl groups excluding tert-OH is 1. The van der Waals surface area contributed by atoms with Crippen molar-refractivity contribution in [1.82, 2.24) is 4.90 Å². The summed E-state index contributed by atoms with van der Waals surface area (Å²) in [5, 5.41) is 11.1. The molecule has 1 amide bonds. The summed E-state index contributed by atoms with van der Waals surface area (Å²) in [6.45, 7) is 1.77. The molecular weight excluding hydrogens is 453 g/mol. The van der Waals surface area contributed by atoms with Gasteiger partial charge in [0.2, 0.25) is 9.84 Å². The van der Waals surface area contributed by atoms with Crippen LogP contribution in [0.5, 0.6) is 0 Å². The van der Waals surface area contributed by atoms with Gasteiger partial charge in [0.1, 0.15) is 10.7 Å². The van der Waals surface area contributed by atoms with Crippen molar-refractivity contribution in [2.24, 2.45) is 0 Å². The first kappa shape index (κ1) is 22.0. The maximum atomic E-state index is 13.6. The van der Waals surface area contributed by atoms with E-state index in [-0.39, 0.29) is 11.4 Å². The molecule has 1 heterocycles. The van der Waals surface area contributed by atoms with Crippen LogP contribution in [0.4, 0.5) is 4.39 Å². The third kappa shape index (κ3) is 3.89. The van der Waals surface area contributed by atoms with E-state index in [1.807, 2.05) is 6.92 Å². The number of nitrogens with zero attached hydrogens (tertiary/aromatic N) is 1. The third-order valence-corrected chi connectivity index (χ3v) is 7.62. The van der Waals surface area contributed by atoms with Crippen LogP contribution >= 0.6 is 11.6 Å². The molecule has 0 radical (unpaired) electrons. The fourth-order valence-corrected chi connectivity index (χ4v) is 5.54. The lowest BCUT2D eigenvalue weighted by Crippen LogP contribution is -2.30. The summed E-state index contributed by atoms with van der Waals surface area (Å²) < 4.78 is 40.6. The van der Waals surface area contributed by atoms with Crippen molar-refractivity contribution in [3.8, 4) is 0 Å². The monoisotopic (exact) mass is 471 g/mol. The van der Waals surface area contributed by atoms with E-state index in [2.05, 4.69) is 0 Å². The number of amides is 1. The van der Waals surface area contributed by atoms with E-state index in [1.165, 1.54) is 41.3 Å². The van der Waals surface area contributed by atoms with E-state index >= 15 is 0 Å². The van der Waals surface area contributed by atoms with E-state index in [9.17, 15) is 22.7 Å². The highest BCUT2D eigenvalue weighted by molar-refractivity contribution is 7.95. The van der Waals surface area contributed by atoms with Crippen LogP contribution in [0.25, 0.3) is 0 Å². The molecule has 0 aromatic heterocycles. The van der Waals surface area contributed by atoms with Gasteiger partial charge in [-0.3, -0.25) is 4.79 Å². The Bertz CT molecular complexity index is 1320. The minimum atomic E-state index is -4.24. The summed E-state index contributed by atoms with van der Waals surface area (Å²) in [4.78, 5) is 13.8. The minimum Gasteiger partial charge on any atom is -0.502 e. The molecule has 0 fully saturated rings.